The van der Waals surface area contributed by atoms with Gasteiger partial charge in [-0.05, 0) is 27.2 Å². The van der Waals surface area contributed by atoms with Crippen LogP contribution in [0.4, 0.5) is 13.2 Å². The van der Waals surface area contributed by atoms with Gasteiger partial charge < -0.3 is 10.6 Å². The smallest absolute Gasteiger partial charge is 0.338 e. The second kappa shape index (κ2) is 6.41. The van der Waals surface area contributed by atoms with Gasteiger partial charge in [-0.25, -0.2) is 0 Å². The van der Waals surface area contributed by atoms with E-state index in [1.807, 2.05) is 6.92 Å². The maximum absolute atomic E-state index is 12.7. The Labute approximate surface area is 107 Å². The van der Waals surface area contributed by atoms with Gasteiger partial charge in [-0.15, -0.1) is 0 Å². The lowest BCUT2D eigenvalue weighted by Crippen LogP contribution is -2.63. The Kier molecular flexibility index (Phi) is 6.13. The summed E-state index contributed by atoms with van der Waals surface area (Å²) in [6.45, 7) is 6.41. The van der Waals surface area contributed by atoms with Crippen LogP contribution in [0.1, 0.15) is 47.0 Å². The standard InChI is InChI=1S/C12H23F3N2O/c1-5-6-7-8-17(9(2)3)10(18)11(4,16)12(13,14)15/h9H,5-8,16H2,1-4H3. The van der Waals surface area contributed by atoms with Gasteiger partial charge in [0.1, 0.15) is 0 Å². The maximum atomic E-state index is 12.7. The zero-order chi connectivity index (χ0) is 14.6. The van der Waals surface area contributed by atoms with Crippen molar-refractivity contribution >= 4 is 5.91 Å². The summed E-state index contributed by atoms with van der Waals surface area (Å²) in [5.41, 5.74) is 2.35. The molecular weight excluding hydrogens is 245 g/mol. The minimum atomic E-state index is -4.73. The number of carbonyl (C=O) groups is 1. The highest BCUT2D eigenvalue weighted by Gasteiger charge is 2.55. The van der Waals surface area contributed by atoms with Crippen molar-refractivity contribution in [2.75, 3.05) is 6.54 Å². The summed E-state index contributed by atoms with van der Waals surface area (Å²) in [6.07, 6.45) is -2.22. The topological polar surface area (TPSA) is 46.3 Å². The van der Waals surface area contributed by atoms with Crippen LogP contribution in [-0.2, 0) is 4.79 Å². The van der Waals surface area contributed by atoms with Crippen molar-refractivity contribution in [2.24, 2.45) is 5.73 Å². The molecule has 0 fully saturated rings. The van der Waals surface area contributed by atoms with Crippen molar-refractivity contribution in [1.29, 1.82) is 0 Å². The van der Waals surface area contributed by atoms with Crippen LogP contribution in [0.2, 0.25) is 0 Å². The lowest BCUT2D eigenvalue weighted by atomic mass is 10.00. The van der Waals surface area contributed by atoms with Gasteiger partial charge >= 0.3 is 6.18 Å². The fraction of sp³-hybridized carbons (Fsp3) is 0.917. The molecule has 0 aromatic heterocycles. The van der Waals surface area contributed by atoms with Gasteiger partial charge in [0.05, 0.1) is 0 Å². The van der Waals surface area contributed by atoms with Gasteiger partial charge in [0.25, 0.3) is 5.91 Å². The Morgan fingerprint density at radius 3 is 2.11 bits per heavy atom. The van der Waals surface area contributed by atoms with Crippen LogP contribution in [0.5, 0.6) is 0 Å². The molecular formula is C12H23F3N2O. The van der Waals surface area contributed by atoms with Crippen LogP contribution in [-0.4, -0.2) is 35.1 Å². The molecule has 1 unspecified atom stereocenters. The highest BCUT2D eigenvalue weighted by atomic mass is 19.4. The number of hydrogen-bond donors (Lipinski definition) is 1. The Morgan fingerprint density at radius 1 is 1.28 bits per heavy atom. The van der Waals surface area contributed by atoms with Crippen molar-refractivity contribution in [1.82, 2.24) is 4.90 Å². The number of carbonyl (C=O) groups excluding carboxylic acids is 1. The Hall–Kier alpha value is -0.780. The van der Waals surface area contributed by atoms with Crippen molar-refractivity contribution in [3.05, 3.63) is 0 Å². The summed E-state index contributed by atoms with van der Waals surface area (Å²) >= 11 is 0. The molecule has 1 amide bonds. The summed E-state index contributed by atoms with van der Waals surface area (Å²) in [7, 11) is 0. The third-order valence-corrected chi connectivity index (χ3v) is 2.92. The fourth-order valence-corrected chi connectivity index (χ4v) is 1.55. The SMILES string of the molecule is CCCCCN(C(=O)C(C)(N)C(F)(F)F)C(C)C. The molecule has 0 aliphatic carbocycles. The molecule has 2 N–H and O–H groups in total. The van der Waals surface area contributed by atoms with Gasteiger partial charge in [0.15, 0.2) is 5.54 Å². The van der Waals surface area contributed by atoms with Gasteiger partial charge in [-0.2, -0.15) is 13.2 Å². The highest BCUT2D eigenvalue weighted by molar-refractivity contribution is 5.86. The van der Waals surface area contributed by atoms with Crippen LogP contribution in [0.25, 0.3) is 0 Å². The van der Waals surface area contributed by atoms with E-state index < -0.39 is 17.6 Å². The van der Waals surface area contributed by atoms with Gasteiger partial charge in [-0.3, -0.25) is 4.79 Å². The molecule has 1 atom stereocenters. The predicted molar refractivity (Wildman–Crippen MR) is 65.0 cm³/mol. The molecule has 0 spiro atoms. The molecule has 108 valence electrons. The quantitative estimate of drug-likeness (QED) is 0.753. The predicted octanol–water partition coefficient (Wildman–Crippen LogP) is 2.69. The van der Waals surface area contributed by atoms with Crippen molar-refractivity contribution in [2.45, 2.75) is 64.7 Å². The second-order valence-electron chi connectivity index (χ2n) is 5.00. The van der Waals surface area contributed by atoms with Crippen LogP contribution in [0.15, 0.2) is 0 Å². The number of hydrogen-bond acceptors (Lipinski definition) is 2. The molecule has 0 aliphatic heterocycles. The second-order valence-corrected chi connectivity index (χ2v) is 5.00. The summed E-state index contributed by atoms with van der Waals surface area (Å²) in [6, 6.07) is -0.292. The summed E-state index contributed by atoms with van der Waals surface area (Å²) < 4.78 is 38.2. The van der Waals surface area contributed by atoms with E-state index >= 15 is 0 Å². The molecule has 0 radical (unpaired) electrons. The maximum Gasteiger partial charge on any atom is 0.415 e. The Bertz CT molecular complexity index is 275. The number of nitrogens with zero attached hydrogens (tertiary/aromatic N) is 1. The average Bonchev–Trinajstić information content (AvgIpc) is 2.21. The van der Waals surface area contributed by atoms with E-state index in [0.29, 0.717) is 13.0 Å². The summed E-state index contributed by atoms with van der Waals surface area (Å²) in [5.74, 6) is -1.05. The van der Waals surface area contributed by atoms with Crippen molar-refractivity contribution in [3.63, 3.8) is 0 Å². The number of nitrogens with two attached hydrogens (primary N) is 1. The molecule has 0 aliphatic rings. The molecule has 0 rings (SSSR count). The molecule has 18 heavy (non-hydrogen) atoms. The first-order chi connectivity index (χ1) is 8.05. The third-order valence-electron chi connectivity index (χ3n) is 2.92. The first kappa shape index (κ1) is 17.2. The van der Waals surface area contributed by atoms with Crippen LogP contribution >= 0.6 is 0 Å². The Morgan fingerprint density at radius 2 is 1.78 bits per heavy atom. The molecule has 0 saturated heterocycles. The van der Waals surface area contributed by atoms with E-state index in [1.165, 1.54) is 4.90 Å². The lowest BCUT2D eigenvalue weighted by molar-refractivity contribution is -0.194. The molecule has 0 bridgehead atoms. The molecule has 3 nitrogen and oxygen atoms in total. The lowest BCUT2D eigenvalue weighted by Gasteiger charge is -2.35. The largest absolute Gasteiger partial charge is 0.415 e. The minimum absolute atomic E-state index is 0.292. The normalized spacial score (nSPS) is 15.6. The van der Waals surface area contributed by atoms with E-state index in [-0.39, 0.29) is 6.04 Å². The average molecular weight is 268 g/mol. The number of unbranched alkanes of at least 4 members (excludes halogenated alkanes) is 2. The highest BCUT2D eigenvalue weighted by Crippen LogP contribution is 2.30. The summed E-state index contributed by atoms with van der Waals surface area (Å²) in [5, 5.41) is 0. The molecule has 6 heteroatoms. The number of alkyl halides is 3. The van der Waals surface area contributed by atoms with E-state index in [4.69, 9.17) is 5.73 Å². The molecule has 0 aromatic rings. The van der Waals surface area contributed by atoms with Crippen LogP contribution < -0.4 is 5.73 Å². The number of halogens is 3. The van der Waals surface area contributed by atoms with Crippen molar-refractivity contribution < 1.29 is 18.0 Å². The van der Waals surface area contributed by atoms with Crippen molar-refractivity contribution in [3.8, 4) is 0 Å². The Balaban J connectivity index is 4.87. The summed E-state index contributed by atoms with van der Waals surface area (Å²) in [4.78, 5) is 13.1. The zero-order valence-electron chi connectivity index (χ0n) is 11.5. The van der Waals surface area contributed by atoms with Gasteiger partial charge in [-0.1, -0.05) is 19.8 Å². The number of amides is 1. The number of rotatable bonds is 6. The van der Waals surface area contributed by atoms with Gasteiger partial charge in [0.2, 0.25) is 0 Å². The fourth-order valence-electron chi connectivity index (χ4n) is 1.55. The van der Waals surface area contributed by atoms with Crippen LogP contribution in [0.3, 0.4) is 0 Å². The first-order valence-corrected chi connectivity index (χ1v) is 6.22. The molecule has 0 saturated carbocycles. The van der Waals surface area contributed by atoms with Gasteiger partial charge in [0, 0.05) is 12.6 Å². The van der Waals surface area contributed by atoms with E-state index in [1.54, 1.807) is 13.8 Å². The molecule has 0 aromatic carbocycles. The van der Waals surface area contributed by atoms with E-state index in [0.717, 1.165) is 19.8 Å². The van der Waals surface area contributed by atoms with E-state index in [9.17, 15) is 18.0 Å². The molecule has 0 heterocycles. The van der Waals surface area contributed by atoms with E-state index in [2.05, 4.69) is 0 Å². The zero-order valence-corrected chi connectivity index (χ0v) is 11.5. The van der Waals surface area contributed by atoms with Crippen LogP contribution in [0, 0.1) is 0 Å². The third kappa shape index (κ3) is 4.15. The minimum Gasteiger partial charge on any atom is -0.338 e. The first-order valence-electron chi connectivity index (χ1n) is 6.22. The monoisotopic (exact) mass is 268 g/mol.